The third-order valence-corrected chi connectivity index (χ3v) is 5.00. The van der Waals surface area contributed by atoms with Gasteiger partial charge in [-0.1, -0.05) is 6.07 Å². The summed E-state index contributed by atoms with van der Waals surface area (Å²) in [4.78, 5) is 8.81. The van der Waals surface area contributed by atoms with Gasteiger partial charge >= 0.3 is 6.18 Å². The second-order valence-corrected chi connectivity index (χ2v) is 7.02. The van der Waals surface area contributed by atoms with Crippen LogP contribution in [0.1, 0.15) is 24.8 Å². The van der Waals surface area contributed by atoms with E-state index in [-0.39, 0.29) is 0 Å². The van der Waals surface area contributed by atoms with Gasteiger partial charge in [0.1, 0.15) is 0 Å². The molecule has 0 aliphatic carbocycles. The molecule has 2 aliphatic heterocycles. The molecule has 2 heterocycles. The largest absolute Gasteiger partial charge is 0.416 e. The van der Waals surface area contributed by atoms with E-state index in [9.17, 15) is 13.2 Å². The maximum Gasteiger partial charge on any atom is 0.416 e. The van der Waals surface area contributed by atoms with Gasteiger partial charge in [-0.05, 0) is 44.0 Å². The lowest BCUT2D eigenvalue weighted by molar-refractivity contribution is -0.137. The van der Waals surface area contributed by atoms with E-state index in [0.717, 1.165) is 83.6 Å². The minimum Gasteiger partial charge on any atom is -0.369 e. The predicted molar refractivity (Wildman–Crippen MR) is 102 cm³/mol. The first-order valence-electron chi connectivity index (χ1n) is 9.69. The van der Waals surface area contributed by atoms with Gasteiger partial charge in [0.25, 0.3) is 0 Å². The minimum atomic E-state index is -4.29. The lowest BCUT2D eigenvalue weighted by atomic mass is 10.1. The van der Waals surface area contributed by atoms with E-state index in [1.807, 2.05) is 4.90 Å². The number of rotatable bonds is 6. The van der Waals surface area contributed by atoms with Crippen LogP contribution in [-0.4, -0.2) is 63.2 Å². The average molecular weight is 383 g/mol. The van der Waals surface area contributed by atoms with Gasteiger partial charge in [0.05, 0.1) is 5.56 Å². The maximum atomic E-state index is 12.9. The first-order valence-corrected chi connectivity index (χ1v) is 9.69. The van der Waals surface area contributed by atoms with Gasteiger partial charge in [0.15, 0.2) is 5.96 Å². The number of nitrogens with zero attached hydrogens (tertiary/aromatic N) is 3. The van der Waals surface area contributed by atoms with Gasteiger partial charge in [-0.25, -0.2) is 0 Å². The first kappa shape index (κ1) is 19.8. The third kappa shape index (κ3) is 6.02. The molecule has 0 aromatic heterocycles. The SMILES string of the molecule is FC(F)(F)c1cccc(N2CCN(CCCCNC3=NCCCN3)CC2)c1. The van der Waals surface area contributed by atoms with E-state index in [2.05, 4.69) is 20.5 Å². The van der Waals surface area contributed by atoms with Crippen molar-refractivity contribution in [3.8, 4) is 0 Å². The van der Waals surface area contributed by atoms with E-state index in [4.69, 9.17) is 0 Å². The van der Waals surface area contributed by atoms with Gasteiger partial charge in [-0.15, -0.1) is 0 Å². The highest BCUT2D eigenvalue weighted by atomic mass is 19.4. The molecule has 1 saturated heterocycles. The Bertz CT molecular complexity index is 624. The highest BCUT2D eigenvalue weighted by Crippen LogP contribution is 2.31. The van der Waals surface area contributed by atoms with Crippen molar-refractivity contribution in [1.82, 2.24) is 15.5 Å². The smallest absolute Gasteiger partial charge is 0.369 e. The fraction of sp³-hybridized carbons (Fsp3) is 0.632. The topological polar surface area (TPSA) is 42.9 Å². The molecule has 1 aromatic carbocycles. The predicted octanol–water partition coefficient (Wildman–Crippen LogP) is 2.55. The van der Waals surface area contributed by atoms with E-state index in [1.54, 1.807) is 6.07 Å². The molecule has 0 bridgehead atoms. The fourth-order valence-electron chi connectivity index (χ4n) is 3.43. The van der Waals surface area contributed by atoms with Gasteiger partial charge in [0, 0.05) is 51.5 Å². The standard InChI is InChI=1S/C19H28F3N5/c20-19(21,22)16-5-3-6-17(15-16)27-13-11-26(12-14-27)10-2-1-7-23-18-24-8-4-9-25-18/h3,5-6,15H,1-2,4,7-14H2,(H2,23,24,25). The van der Waals surface area contributed by atoms with Crippen molar-refractivity contribution < 1.29 is 13.2 Å². The molecule has 0 amide bonds. The Kier molecular flexibility index (Phi) is 6.82. The molecule has 3 rings (SSSR count). The summed E-state index contributed by atoms with van der Waals surface area (Å²) in [5.74, 6) is 0.913. The van der Waals surface area contributed by atoms with Crippen LogP contribution in [0.2, 0.25) is 0 Å². The van der Waals surface area contributed by atoms with E-state index >= 15 is 0 Å². The van der Waals surface area contributed by atoms with Crippen LogP contribution in [0.4, 0.5) is 18.9 Å². The number of benzene rings is 1. The maximum absolute atomic E-state index is 12.9. The zero-order chi connectivity index (χ0) is 19.1. The highest BCUT2D eigenvalue weighted by molar-refractivity contribution is 5.80. The fourth-order valence-corrected chi connectivity index (χ4v) is 3.43. The zero-order valence-electron chi connectivity index (χ0n) is 15.6. The van der Waals surface area contributed by atoms with Crippen LogP contribution in [0.15, 0.2) is 29.3 Å². The van der Waals surface area contributed by atoms with Gasteiger partial charge in [-0.2, -0.15) is 13.2 Å². The lowest BCUT2D eigenvalue weighted by Gasteiger charge is -2.36. The quantitative estimate of drug-likeness (QED) is 0.741. The lowest BCUT2D eigenvalue weighted by Crippen LogP contribution is -2.46. The molecule has 0 saturated carbocycles. The third-order valence-electron chi connectivity index (χ3n) is 5.00. The molecule has 8 heteroatoms. The van der Waals surface area contributed by atoms with Crippen LogP contribution in [0, 0.1) is 0 Å². The summed E-state index contributed by atoms with van der Waals surface area (Å²) in [6, 6.07) is 5.63. The van der Waals surface area contributed by atoms with Crippen molar-refractivity contribution >= 4 is 11.6 Å². The molecule has 0 spiro atoms. The number of nitrogens with one attached hydrogen (secondary N) is 2. The van der Waals surface area contributed by atoms with Crippen LogP contribution in [0.25, 0.3) is 0 Å². The molecular formula is C19H28F3N5. The van der Waals surface area contributed by atoms with Crippen LogP contribution in [-0.2, 0) is 6.18 Å². The molecule has 5 nitrogen and oxygen atoms in total. The molecule has 2 aliphatic rings. The zero-order valence-corrected chi connectivity index (χ0v) is 15.6. The average Bonchev–Trinajstić information content (AvgIpc) is 2.68. The Morgan fingerprint density at radius 3 is 2.63 bits per heavy atom. The highest BCUT2D eigenvalue weighted by Gasteiger charge is 2.31. The summed E-state index contributed by atoms with van der Waals surface area (Å²) in [5, 5.41) is 6.57. The number of piperazine rings is 1. The van der Waals surface area contributed by atoms with Crippen molar-refractivity contribution in [2.75, 3.05) is 57.3 Å². The number of unbranched alkanes of at least 4 members (excludes halogenated alkanes) is 1. The van der Waals surface area contributed by atoms with Crippen LogP contribution >= 0.6 is 0 Å². The minimum absolute atomic E-state index is 0.577. The second-order valence-electron chi connectivity index (χ2n) is 7.02. The van der Waals surface area contributed by atoms with Crippen molar-refractivity contribution in [1.29, 1.82) is 0 Å². The Morgan fingerprint density at radius 1 is 1.11 bits per heavy atom. The van der Waals surface area contributed by atoms with Gasteiger partial charge in [0.2, 0.25) is 0 Å². The molecule has 27 heavy (non-hydrogen) atoms. The summed E-state index contributed by atoms with van der Waals surface area (Å²) in [5.41, 5.74) is 0.0846. The van der Waals surface area contributed by atoms with Crippen LogP contribution in [0.5, 0.6) is 0 Å². The van der Waals surface area contributed by atoms with E-state index in [1.165, 1.54) is 12.1 Å². The van der Waals surface area contributed by atoms with E-state index < -0.39 is 11.7 Å². The van der Waals surface area contributed by atoms with E-state index in [0.29, 0.717) is 5.69 Å². The number of aliphatic imine (C=N–C) groups is 1. The Hall–Kier alpha value is -1.96. The number of hydrogen-bond donors (Lipinski definition) is 2. The summed E-state index contributed by atoms with van der Waals surface area (Å²) in [7, 11) is 0. The van der Waals surface area contributed by atoms with Crippen molar-refractivity contribution in [3.05, 3.63) is 29.8 Å². The van der Waals surface area contributed by atoms with Crippen molar-refractivity contribution in [2.45, 2.75) is 25.4 Å². The molecule has 2 N–H and O–H groups in total. The Labute approximate surface area is 158 Å². The Morgan fingerprint density at radius 2 is 1.93 bits per heavy atom. The molecule has 0 unspecified atom stereocenters. The monoisotopic (exact) mass is 383 g/mol. The second kappa shape index (κ2) is 9.30. The van der Waals surface area contributed by atoms with Crippen LogP contribution < -0.4 is 15.5 Å². The normalized spacial score (nSPS) is 18.8. The molecule has 150 valence electrons. The van der Waals surface area contributed by atoms with Crippen molar-refractivity contribution in [3.63, 3.8) is 0 Å². The molecule has 1 fully saturated rings. The molecule has 0 radical (unpaired) electrons. The summed E-state index contributed by atoms with van der Waals surface area (Å²) >= 11 is 0. The van der Waals surface area contributed by atoms with Gasteiger partial charge < -0.3 is 15.5 Å². The van der Waals surface area contributed by atoms with Gasteiger partial charge in [-0.3, -0.25) is 9.89 Å². The molecular weight excluding hydrogens is 355 g/mol. The number of alkyl halides is 3. The summed E-state index contributed by atoms with van der Waals surface area (Å²) in [6.07, 6.45) is -1.01. The summed E-state index contributed by atoms with van der Waals surface area (Å²) in [6.45, 7) is 7.12. The number of guanidine groups is 1. The molecule has 1 aromatic rings. The number of anilines is 1. The number of halogens is 3. The summed E-state index contributed by atoms with van der Waals surface area (Å²) < 4.78 is 38.6. The van der Waals surface area contributed by atoms with Crippen molar-refractivity contribution in [2.24, 2.45) is 4.99 Å². The number of hydrogen-bond acceptors (Lipinski definition) is 5. The molecule has 0 atom stereocenters. The Balaban J connectivity index is 1.35. The first-order chi connectivity index (χ1) is 13.0. The van der Waals surface area contributed by atoms with Crippen LogP contribution in [0.3, 0.4) is 0 Å².